The van der Waals surface area contributed by atoms with Gasteiger partial charge in [-0.15, -0.1) is 0 Å². The Bertz CT molecular complexity index is 429. The minimum atomic E-state index is 0.0185. The molecule has 2 rings (SSSR count). The second kappa shape index (κ2) is 7.06. The second-order valence-corrected chi connectivity index (χ2v) is 3.24. The summed E-state index contributed by atoms with van der Waals surface area (Å²) in [6.45, 7) is 4.68. The molecule has 0 fully saturated rings. The third-order valence-corrected chi connectivity index (χ3v) is 1.88. The van der Waals surface area contributed by atoms with Crippen molar-refractivity contribution in [3.8, 4) is 11.4 Å². The Hall–Kier alpha value is -2.29. The van der Waals surface area contributed by atoms with E-state index in [0.717, 1.165) is 11.4 Å². The van der Waals surface area contributed by atoms with Gasteiger partial charge in [0.15, 0.2) is 5.78 Å². The lowest BCUT2D eigenvalue weighted by Gasteiger charge is -1.96. The van der Waals surface area contributed by atoms with Crippen molar-refractivity contribution < 1.29 is 4.79 Å². The average Bonchev–Trinajstić information content (AvgIpc) is 2.41. The van der Waals surface area contributed by atoms with E-state index in [9.17, 15) is 4.79 Å². The van der Waals surface area contributed by atoms with Crippen molar-refractivity contribution in [2.24, 2.45) is 0 Å². The fraction of sp³-hybridized carbons (Fsp3) is 0.0714. The number of hydrogen-bond donors (Lipinski definition) is 0. The van der Waals surface area contributed by atoms with Gasteiger partial charge in [-0.05, 0) is 37.3 Å². The van der Waals surface area contributed by atoms with E-state index in [2.05, 4.69) is 16.5 Å². The summed E-state index contributed by atoms with van der Waals surface area (Å²) in [5.41, 5.74) is 1.83. The van der Waals surface area contributed by atoms with Crippen molar-refractivity contribution in [2.45, 2.75) is 6.92 Å². The number of pyridine rings is 2. The third-order valence-electron chi connectivity index (χ3n) is 1.88. The summed E-state index contributed by atoms with van der Waals surface area (Å²) < 4.78 is 0. The summed E-state index contributed by atoms with van der Waals surface area (Å²) in [6, 6.07) is 11.6. The van der Waals surface area contributed by atoms with Gasteiger partial charge in [-0.2, -0.15) is 0 Å². The van der Waals surface area contributed by atoms with Crippen LogP contribution in [0.15, 0.2) is 61.4 Å². The first-order chi connectivity index (χ1) is 8.24. The second-order valence-electron chi connectivity index (χ2n) is 3.24. The van der Waals surface area contributed by atoms with Crippen LogP contribution in [0.2, 0.25) is 0 Å². The SMILES string of the molecule is C=CC(C)=O.c1ccc(-c2ccccn2)nc1. The molecule has 3 heteroatoms. The van der Waals surface area contributed by atoms with E-state index >= 15 is 0 Å². The van der Waals surface area contributed by atoms with Gasteiger partial charge in [-0.25, -0.2) is 0 Å². The molecule has 0 bridgehead atoms. The Morgan fingerprint density at radius 3 is 1.71 bits per heavy atom. The maximum Gasteiger partial charge on any atom is 0.152 e. The molecule has 0 saturated heterocycles. The van der Waals surface area contributed by atoms with Gasteiger partial charge in [0.25, 0.3) is 0 Å². The molecule has 0 atom stereocenters. The van der Waals surface area contributed by atoms with Gasteiger partial charge in [0.1, 0.15) is 0 Å². The molecule has 2 aromatic rings. The van der Waals surface area contributed by atoms with Crippen molar-refractivity contribution in [2.75, 3.05) is 0 Å². The van der Waals surface area contributed by atoms with E-state index < -0.39 is 0 Å². The Kier molecular flexibility index (Phi) is 5.31. The van der Waals surface area contributed by atoms with Crippen LogP contribution in [0.3, 0.4) is 0 Å². The summed E-state index contributed by atoms with van der Waals surface area (Å²) >= 11 is 0. The zero-order chi connectivity index (χ0) is 12.5. The normalized spacial score (nSPS) is 8.76. The highest BCUT2D eigenvalue weighted by molar-refractivity contribution is 5.86. The van der Waals surface area contributed by atoms with Crippen LogP contribution in [-0.2, 0) is 4.79 Å². The van der Waals surface area contributed by atoms with Crippen molar-refractivity contribution in [3.05, 3.63) is 61.4 Å². The number of aromatic nitrogens is 2. The predicted molar refractivity (Wildman–Crippen MR) is 68.3 cm³/mol. The van der Waals surface area contributed by atoms with Crippen molar-refractivity contribution in [1.29, 1.82) is 0 Å². The molecule has 2 heterocycles. The van der Waals surface area contributed by atoms with Crippen molar-refractivity contribution in [3.63, 3.8) is 0 Å². The highest BCUT2D eigenvalue weighted by atomic mass is 16.1. The third kappa shape index (κ3) is 4.84. The maximum atomic E-state index is 9.69. The van der Waals surface area contributed by atoms with E-state index in [1.807, 2.05) is 36.4 Å². The van der Waals surface area contributed by atoms with Gasteiger partial charge < -0.3 is 0 Å². The molecule has 3 nitrogen and oxygen atoms in total. The average molecular weight is 226 g/mol. The summed E-state index contributed by atoms with van der Waals surface area (Å²) in [7, 11) is 0. The lowest BCUT2D eigenvalue weighted by Crippen LogP contribution is -1.83. The van der Waals surface area contributed by atoms with Crippen LogP contribution < -0.4 is 0 Å². The van der Waals surface area contributed by atoms with Gasteiger partial charge in [0.05, 0.1) is 11.4 Å². The van der Waals surface area contributed by atoms with Gasteiger partial charge in [-0.3, -0.25) is 14.8 Å². The number of allylic oxidation sites excluding steroid dienone is 1. The molecule has 0 aliphatic heterocycles. The summed E-state index contributed by atoms with van der Waals surface area (Å²) in [5.74, 6) is 0.0185. The monoisotopic (exact) mass is 226 g/mol. The van der Waals surface area contributed by atoms with Crippen molar-refractivity contribution >= 4 is 5.78 Å². The molecule has 0 unspecified atom stereocenters. The minimum Gasteiger partial charge on any atom is -0.295 e. The van der Waals surface area contributed by atoms with Gasteiger partial charge >= 0.3 is 0 Å². The van der Waals surface area contributed by atoms with E-state index in [-0.39, 0.29) is 5.78 Å². The Balaban J connectivity index is 0.000000249. The van der Waals surface area contributed by atoms with Crippen LogP contribution in [0.4, 0.5) is 0 Å². The van der Waals surface area contributed by atoms with E-state index in [1.165, 1.54) is 13.0 Å². The molecule has 17 heavy (non-hydrogen) atoms. The molecule has 0 N–H and O–H groups in total. The quantitative estimate of drug-likeness (QED) is 0.739. The summed E-state index contributed by atoms with van der Waals surface area (Å²) in [5, 5.41) is 0. The molecule has 0 amide bonds. The number of ketones is 1. The fourth-order valence-corrected chi connectivity index (χ4v) is 1.03. The zero-order valence-electron chi connectivity index (χ0n) is 9.71. The smallest absolute Gasteiger partial charge is 0.152 e. The first-order valence-corrected chi connectivity index (χ1v) is 5.19. The molecular weight excluding hydrogens is 212 g/mol. The number of carbonyl (C=O) groups is 1. The first-order valence-electron chi connectivity index (χ1n) is 5.19. The van der Waals surface area contributed by atoms with Crippen LogP contribution in [0, 0.1) is 0 Å². The van der Waals surface area contributed by atoms with Crippen LogP contribution >= 0.6 is 0 Å². The number of rotatable bonds is 2. The molecule has 0 saturated carbocycles. The van der Waals surface area contributed by atoms with E-state index in [1.54, 1.807) is 12.4 Å². The molecule has 0 spiro atoms. The van der Waals surface area contributed by atoms with E-state index in [0.29, 0.717) is 0 Å². The highest BCUT2D eigenvalue weighted by Gasteiger charge is 1.95. The number of hydrogen-bond acceptors (Lipinski definition) is 3. The molecule has 0 radical (unpaired) electrons. The lowest BCUT2D eigenvalue weighted by molar-refractivity contribution is -0.112. The molecule has 0 aliphatic rings. The fourth-order valence-electron chi connectivity index (χ4n) is 1.03. The molecule has 0 aromatic carbocycles. The largest absolute Gasteiger partial charge is 0.295 e. The maximum absolute atomic E-state index is 9.69. The van der Waals surface area contributed by atoms with Crippen LogP contribution in [0.5, 0.6) is 0 Å². The topological polar surface area (TPSA) is 42.9 Å². The van der Waals surface area contributed by atoms with Gasteiger partial charge in [0, 0.05) is 12.4 Å². The van der Waals surface area contributed by atoms with Crippen LogP contribution in [0.1, 0.15) is 6.92 Å². The van der Waals surface area contributed by atoms with E-state index in [4.69, 9.17) is 0 Å². The Labute approximate surface area is 101 Å². The number of carbonyl (C=O) groups excluding carboxylic acids is 1. The van der Waals surface area contributed by atoms with Gasteiger partial charge in [0.2, 0.25) is 0 Å². The molecular formula is C14H14N2O. The Morgan fingerprint density at radius 2 is 1.47 bits per heavy atom. The summed E-state index contributed by atoms with van der Waals surface area (Å²) in [4.78, 5) is 18.1. The molecule has 86 valence electrons. The standard InChI is InChI=1S/C10H8N2.C4H6O/c1-3-7-11-9(5-1)10-6-2-4-8-12-10;1-3-4(2)5/h1-8H;3H,1H2,2H3. The predicted octanol–water partition coefficient (Wildman–Crippen LogP) is 2.91. The summed E-state index contributed by atoms with van der Waals surface area (Å²) in [6.07, 6.45) is 4.81. The first kappa shape index (κ1) is 12.8. The van der Waals surface area contributed by atoms with Gasteiger partial charge in [-0.1, -0.05) is 18.7 Å². The zero-order valence-corrected chi connectivity index (χ0v) is 9.71. The minimum absolute atomic E-state index is 0.0185. The molecule has 0 aliphatic carbocycles. The lowest BCUT2D eigenvalue weighted by atomic mass is 10.2. The van der Waals surface area contributed by atoms with Crippen LogP contribution in [0.25, 0.3) is 11.4 Å². The Morgan fingerprint density at radius 1 is 1.06 bits per heavy atom. The van der Waals surface area contributed by atoms with Crippen LogP contribution in [-0.4, -0.2) is 15.8 Å². The highest BCUT2D eigenvalue weighted by Crippen LogP contribution is 2.10. The van der Waals surface area contributed by atoms with Crippen molar-refractivity contribution in [1.82, 2.24) is 9.97 Å². The number of nitrogens with zero attached hydrogens (tertiary/aromatic N) is 2. The molecule has 2 aromatic heterocycles.